The van der Waals surface area contributed by atoms with Crippen LogP contribution in [0.15, 0.2) is 18.2 Å². The number of fused-ring (bicyclic) bond motifs is 1. The van der Waals surface area contributed by atoms with Crippen molar-refractivity contribution in [1.29, 1.82) is 0 Å². The van der Waals surface area contributed by atoms with Crippen LogP contribution in [0, 0.1) is 6.92 Å². The van der Waals surface area contributed by atoms with Crippen molar-refractivity contribution < 1.29 is 0 Å². The van der Waals surface area contributed by atoms with E-state index in [1.165, 1.54) is 23.4 Å². The Labute approximate surface area is 79.6 Å². The first-order valence-corrected chi connectivity index (χ1v) is 4.83. The molecule has 0 unspecified atom stereocenters. The van der Waals surface area contributed by atoms with Crippen molar-refractivity contribution in [3.63, 3.8) is 0 Å². The highest BCUT2D eigenvalue weighted by Crippen LogP contribution is 2.28. The maximum Gasteiger partial charge on any atom is 0.0602 e. The molecule has 0 aromatic heterocycles. The lowest BCUT2D eigenvalue weighted by Gasteiger charge is -2.19. The summed E-state index contributed by atoms with van der Waals surface area (Å²) in [6.07, 6.45) is 1.21. The fourth-order valence-corrected chi connectivity index (χ4v) is 1.77. The van der Waals surface area contributed by atoms with Crippen molar-refractivity contribution >= 4 is 11.4 Å². The summed E-state index contributed by atoms with van der Waals surface area (Å²) in [5, 5.41) is 3.44. The lowest BCUT2D eigenvalue weighted by Crippen LogP contribution is -2.17. The van der Waals surface area contributed by atoms with Crippen molar-refractivity contribution in [2.75, 3.05) is 30.4 Å². The van der Waals surface area contributed by atoms with E-state index in [-0.39, 0.29) is 0 Å². The topological polar surface area (TPSA) is 15.3 Å². The summed E-state index contributed by atoms with van der Waals surface area (Å²) in [5.41, 5.74) is 3.93. The van der Waals surface area contributed by atoms with E-state index in [0.29, 0.717) is 0 Å². The molecule has 0 saturated heterocycles. The first kappa shape index (κ1) is 8.42. The second-order valence-corrected chi connectivity index (χ2v) is 3.72. The molecule has 1 aromatic rings. The molecular formula is C11H16N2. The van der Waals surface area contributed by atoms with Crippen LogP contribution in [0.25, 0.3) is 0 Å². The van der Waals surface area contributed by atoms with Crippen LogP contribution in [0.3, 0.4) is 0 Å². The number of nitrogens with zero attached hydrogens (tertiary/aromatic N) is 1. The number of benzene rings is 1. The van der Waals surface area contributed by atoms with E-state index in [1.807, 2.05) is 0 Å². The molecule has 0 aliphatic carbocycles. The van der Waals surface area contributed by atoms with E-state index < -0.39 is 0 Å². The SMILES string of the molecule is Cc1ccc2c(c1)N(C)CCCN2. The Morgan fingerprint density at radius 3 is 3.08 bits per heavy atom. The molecule has 1 heterocycles. The van der Waals surface area contributed by atoms with Crippen molar-refractivity contribution in [3.8, 4) is 0 Å². The summed E-state index contributed by atoms with van der Waals surface area (Å²) in [5.74, 6) is 0. The minimum Gasteiger partial charge on any atom is -0.383 e. The van der Waals surface area contributed by atoms with Crippen LogP contribution in [0.2, 0.25) is 0 Å². The quantitative estimate of drug-likeness (QED) is 0.652. The third-order valence-electron chi connectivity index (χ3n) is 2.55. The highest BCUT2D eigenvalue weighted by molar-refractivity contribution is 5.71. The van der Waals surface area contributed by atoms with Gasteiger partial charge in [-0.25, -0.2) is 0 Å². The molecule has 2 rings (SSSR count). The van der Waals surface area contributed by atoms with E-state index in [4.69, 9.17) is 0 Å². The molecule has 2 heteroatoms. The van der Waals surface area contributed by atoms with E-state index >= 15 is 0 Å². The number of nitrogens with one attached hydrogen (secondary N) is 1. The lowest BCUT2D eigenvalue weighted by molar-refractivity contribution is 0.837. The van der Waals surface area contributed by atoms with Crippen molar-refractivity contribution in [1.82, 2.24) is 0 Å². The van der Waals surface area contributed by atoms with Crippen molar-refractivity contribution in [2.24, 2.45) is 0 Å². The van der Waals surface area contributed by atoms with Gasteiger partial charge in [-0.2, -0.15) is 0 Å². The average Bonchev–Trinajstić information content (AvgIpc) is 2.29. The highest BCUT2D eigenvalue weighted by Gasteiger charge is 2.10. The average molecular weight is 176 g/mol. The molecule has 1 aliphatic heterocycles. The number of aryl methyl sites for hydroxylation is 1. The summed E-state index contributed by atoms with van der Waals surface area (Å²) < 4.78 is 0. The van der Waals surface area contributed by atoms with Gasteiger partial charge < -0.3 is 10.2 Å². The van der Waals surface area contributed by atoms with Gasteiger partial charge in [0.05, 0.1) is 11.4 Å². The van der Waals surface area contributed by atoms with E-state index in [1.54, 1.807) is 0 Å². The Morgan fingerprint density at radius 2 is 2.23 bits per heavy atom. The van der Waals surface area contributed by atoms with Gasteiger partial charge >= 0.3 is 0 Å². The zero-order chi connectivity index (χ0) is 9.26. The minimum absolute atomic E-state index is 1.08. The first-order valence-electron chi connectivity index (χ1n) is 4.83. The summed E-state index contributed by atoms with van der Waals surface area (Å²) in [6, 6.07) is 6.57. The third-order valence-corrected chi connectivity index (χ3v) is 2.55. The van der Waals surface area contributed by atoms with Gasteiger partial charge in [0.2, 0.25) is 0 Å². The first-order chi connectivity index (χ1) is 6.27. The summed E-state index contributed by atoms with van der Waals surface area (Å²) in [7, 11) is 2.16. The molecule has 1 N–H and O–H groups in total. The Bertz CT molecular complexity index is 307. The molecular weight excluding hydrogens is 160 g/mol. The van der Waals surface area contributed by atoms with Gasteiger partial charge in [0.25, 0.3) is 0 Å². The summed E-state index contributed by atoms with van der Waals surface area (Å²) in [6.45, 7) is 4.36. The number of rotatable bonds is 0. The molecule has 0 spiro atoms. The Hall–Kier alpha value is -1.18. The van der Waals surface area contributed by atoms with Gasteiger partial charge in [0, 0.05) is 20.1 Å². The lowest BCUT2D eigenvalue weighted by atomic mass is 10.2. The standard InChI is InChI=1S/C11H16N2/c1-9-4-5-10-11(8-9)13(2)7-3-6-12-10/h4-5,8,12H,3,6-7H2,1-2H3. The normalized spacial score (nSPS) is 16.0. The van der Waals surface area contributed by atoms with Crippen LogP contribution in [0.5, 0.6) is 0 Å². The fraction of sp³-hybridized carbons (Fsp3) is 0.455. The highest BCUT2D eigenvalue weighted by atomic mass is 15.1. The van der Waals surface area contributed by atoms with Gasteiger partial charge in [-0.1, -0.05) is 6.07 Å². The molecule has 2 nitrogen and oxygen atoms in total. The Kier molecular flexibility index (Phi) is 2.13. The second kappa shape index (κ2) is 3.29. The summed E-state index contributed by atoms with van der Waals surface area (Å²) >= 11 is 0. The molecule has 0 radical (unpaired) electrons. The third kappa shape index (κ3) is 1.62. The maximum absolute atomic E-state index is 3.44. The van der Waals surface area contributed by atoms with E-state index in [0.717, 1.165) is 13.1 Å². The molecule has 0 fully saturated rings. The van der Waals surface area contributed by atoms with Crippen LogP contribution in [-0.4, -0.2) is 20.1 Å². The minimum atomic E-state index is 1.08. The molecule has 1 aliphatic rings. The van der Waals surface area contributed by atoms with Crippen molar-refractivity contribution in [3.05, 3.63) is 23.8 Å². The molecule has 1 aromatic carbocycles. The summed E-state index contributed by atoms with van der Waals surface area (Å²) in [4.78, 5) is 2.32. The predicted octanol–water partition coefficient (Wildman–Crippen LogP) is 2.25. The van der Waals surface area contributed by atoms with Crippen LogP contribution < -0.4 is 10.2 Å². The van der Waals surface area contributed by atoms with Gasteiger partial charge in [-0.3, -0.25) is 0 Å². The number of hydrogen-bond donors (Lipinski definition) is 1. The van der Waals surface area contributed by atoms with Gasteiger partial charge in [-0.05, 0) is 31.0 Å². The van der Waals surface area contributed by atoms with Crippen LogP contribution in [0.4, 0.5) is 11.4 Å². The van der Waals surface area contributed by atoms with E-state index in [2.05, 4.69) is 42.4 Å². The van der Waals surface area contributed by atoms with Crippen LogP contribution in [0.1, 0.15) is 12.0 Å². The number of anilines is 2. The maximum atomic E-state index is 3.44. The predicted molar refractivity (Wildman–Crippen MR) is 57.6 cm³/mol. The largest absolute Gasteiger partial charge is 0.383 e. The number of hydrogen-bond acceptors (Lipinski definition) is 2. The van der Waals surface area contributed by atoms with Gasteiger partial charge in [0.15, 0.2) is 0 Å². The van der Waals surface area contributed by atoms with Crippen molar-refractivity contribution in [2.45, 2.75) is 13.3 Å². The second-order valence-electron chi connectivity index (χ2n) is 3.72. The monoisotopic (exact) mass is 176 g/mol. The van der Waals surface area contributed by atoms with Gasteiger partial charge in [0.1, 0.15) is 0 Å². The van der Waals surface area contributed by atoms with Gasteiger partial charge in [-0.15, -0.1) is 0 Å². The Morgan fingerprint density at radius 1 is 1.38 bits per heavy atom. The van der Waals surface area contributed by atoms with Crippen LogP contribution in [-0.2, 0) is 0 Å². The zero-order valence-electron chi connectivity index (χ0n) is 8.30. The molecule has 13 heavy (non-hydrogen) atoms. The molecule has 0 bridgehead atoms. The van der Waals surface area contributed by atoms with E-state index in [9.17, 15) is 0 Å². The molecule has 0 saturated carbocycles. The zero-order valence-corrected chi connectivity index (χ0v) is 8.30. The van der Waals surface area contributed by atoms with Crippen LogP contribution >= 0.6 is 0 Å². The Balaban J connectivity index is 2.43. The molecule has 0 amide bonds. The molecule has 70 valence electrons. The molecule has 0 atom stereocenters. The smallest absolute Gasteiger partial charge is 0.0602 e. The fourth-order valence-electron chi connectivity index (χ4n) is 1.77.